The maximum Gasteiger partial charge on any atom is 2.00 e. The van der Waals surface area contributed by atoms with Gasteiger partial charge in [-0.3, -0.25) is 0 Å². The molecule has 0 amide bonds. The third-order valence-corrected chi connectivity index (χ3v) is 0. The summed E-state index contributed by atoms with van der Waals surface area (Å²) in [6, 6.07) is 0. The first-order chi connectivity index (χ1) is 1.00. The minimum Gasteiger partial charge on any atom is -1.00 e. The molecule has 0 saturated carbocycles. The molecule has 0 fully saturated rings. The summed E-state index contributed by atoms with van der Waals surface area (Å²) in [5, 5.41) is 0. The van der Waals surface area contributed by atoms with Gasteiger partial charge in [0.25, 0.3) is 0 Å². The zero-order valence-electron chi connectivity index (χ0n) is 5.44. The van der Waals surface area contributed by atoms with Gasteiger partial charge in [-0.15, -0.1) is 0 Å². The van der Waals surface area contributed by atoms with Crippen LogP contribution in [0.15, 0.2) is 0 Å². The van der Waals surface area contributed by atoms with E-state index < -0.39 is 0 Å². The van der Waals surface area contributed by atoms with Crippen LogP contribution in [-0.2, 0) is 38.0 Å². The van der Waals surface area contributed by atoms with E-state index in [9.17, 15) is 0 Å². The van der Waals surface area contributed by atoms with Crippen LogP contribution in [0, 0.1) is 0 Å². The molecule has 0 atom stereocenters. The van der Waals surface area contributed by atoms with Crippen molar-refractivity contribution in [3.8, 4) is 0 Å². The molecule has 0 aromatic carbocycles. The van der Waals surface area contributed by atoms with E-state index >= 15 is 0 Å². The topological polar surface area (TPSA) is 0 Å². The minimum atomic E-state index is 0. The van der Waals surface area contributed by atoms with Crippen LogP contribution in [-0.4, -0.2) is 83.8 Å². The second-order valence-electron chi connectivity index (χ2n) is 0. The molecule has 0 aromatic heterocycles. The summed E-state index contributed by atoms with van der Waals surface area (Å²) < 4.78 is 0. The van der Waals surface area contributed by atoms with Crippen LogP contribution in [0.1, 0.15) is 2.85 Å². The second-order valence-corrected chi connectivity index (χ2v) is 0. The summed E-state index contributed by atoms with van der Waals surface area (Å²) in [5.41, 5.74) is 0. The Morgan fingerprint density at radius 3 is 1.33 bits per heavy atom. The molecule has 0 heterocycles. The molecule has 0 aromatic rings. The molecule has 27 valence electrons. The average Bonchev–Trinajstić information content (AvgIpc) is 1.00. The molecule has 0 aliphatic rings. The second kappa shape index (κ2) is 38.4. The van der Waals surface area contributed by atoms with E-state index in [1.54, 1.807) is 0 Å². The minimum absolute atomic E-state index is 0. The maximum absolute atomic E-state index is 4.64. The van der Waals surface area contributed by atoms with Crippen molar-refractivity contribution in [3.63, 3.8) is 0 Å². The molecule has 0 unspecified atom stereocenters. The first kappa shape index (κ1) is 33.6. The van der Waals surface area contributed by atoms with Crippen LogP contribution in [0.4, 0.5) is 0 Å². The molecule has 0 aliphatic carbocycles. The summed E-state index contributed by atoms with van der Waals surface area (Å²) in [6.07, 6.45) is 0. The van der Waals surface area contributed by atoms with Crippen LogP contribution in [0.3, 0.4) is 0 Å². The molecule has 0 aliphatic heterocycles. The summed E-state index contributed by atoms with van der Waals surface area (Å²) in [5.74, 6) is 0. The van der Waals surface area contributed by atoms with Crippen molar-refractivity contribution >= 4 is 83.8 Å². The SMILES string of the molecule is [AlH3].[B][SiH3].[Ba+2].[H-].[H-].[V].[Zn]. The van der Waals surface area contributed by atoms with Crippen molar-refractivity contribution in [2.45, 2.75) is 0 Å². The van der Waals surface area contributed by atoms with Gasteiger partial charge in [0, 0.05) is 45.5 Å². The third kappa shape index (κ3) is 25.6. The molecule has 0 N–H and O–H groups in total. The van der Waals surface area contributed by atoms with Crippen molar-refractivity contribution in [2.75, 3.05) is 0 Å². The molecule has 0 saturated heterocycles. The molecule has 6 heteroatoms. The Bertz CT molecular complexity index is 22.0. The number of hydrogen-bond acceptors (Lipinski definition) is 0. The van der Waals surface area contributed by atoms with E-state index in [4.69, 9.17) is 0 Å². The molecule has 0 bridgehead atoms. The van der Waals surface area contributed by atoms with Crippen LogP contribution in [0.25, 0.3) is 0 Å². The van der Waals surface area contributed by atoms with Gasteiger partial charge in [-0.05, 0) is 10.1 Å². The Kier molecular flexibility index (Phi) is 215. The largest absolute Gasteiger partial charge is 2.00 e. The van der Waals surface area contributed by atoms with Crippen LogP contribution >= 0.6 is 0 Å². The summed E-state index contributed by atoms with van der Waals surface area (Å²) in [4.78, 5) is 0. The van der Waals surface area contributed by atoms with Crippen molar-refractivity contribution in [1.82, 2.24) is 0 Å². The Hall–Kier alpha value is 3.59. The fraction of sp³-hybridized carbons (Fsp3) is 0. The average molecular weight is 328 g/mol. The van der Waals surface area contributed by atoms with Gasteiger partial charge in [0.1, 0.15) is 0 Å². The Morgan fingerprint density at radius 1 is 1.33 bits per heavy atom. The first-order valence-corrected chi connectivity index (χ1v) is 1.73. The zero-order valence-corrected chi connectivity index (χ0v) is 14.2. The number of rotatable bonds is 0. The van der Waals surface area contributed by atoms with Crippen molar-refractivity contribution < 1.29 is 40.9 Å². The van der Waals surface area contributed by atoms with Crippen molar-refractivity contribution in [2.24, 2.45) is 0 Å². The summed E-state index contributed by atoms with van der Waals surface area (Å²) in [6.45, 7) is 0. The Labute approximate surface area is 122 Å². The van der Waals surface area contributed by atoms with Gasteiger partial charge in [-0.25, -0.2) is 0 Å². The van der Waals surface area contributed by atoms with Crippen molar-refractivity contribution in [1.29, 1.82) is 0 Å². The maximum atomic E-state index is 4.64. The molecular weight excluding hydrogens is 320 g/mol. The Balaban J connectivity index is -0.000000000333. The fourth-order valence-electron chi connectivity index (χ4n) is 0. The zero-order chi connectivity index (χ0) is 2.00. The molecule has 6 heavy (non-hydrogen) atoms. The van der Waals surface area contributed by atoms with E-state index in [0.717, 1.165) is 10.1 Å². The standard InChI is InChI=1S/Al.BH3Si.Ba.V.Zn.5H/c;1-2;;;;;;;;/h;2H3;;;;;;;;/q;;+2;;;;;;2*-1. The molecule has 0 rings (SSSR count). The van der Waals surface area contributed by atoms with E-state index in [1.807, 2.05) is 0 Å². The number of hydrogen-bond donors (Lipinski definition) is 0. The summed E-state index contributed by atoms with van der Waals surface area (Å²) in [7, 11) is 5.44. The van der Waals surface area contributed by atoms with Crippen molar-refractivity contribution in [3.05, 3.63) is 0 Å². The van der Waals surface area contributed by atoms with E-state index in [0.29, 0.717) is 0 Å². The normalized spacial score (nSPS) is 1.33. The monoisotopic (exact) mass is 327 g/mol. The molecule has 3 radical (unpaired) electrons. The van der Waals surface area contributed by atoms with Crippen LogP contribution in [0.2, 0.25) is 0 Å². The van der Waals surface area contributed by atoms with Gasteiger partial charge >= 0.3 is 48.9 Å². The third-order valence-electron chi connectivity index (χ3n) is 0. The van der Waals surface area contributed by atoms with Gasteiger partial charge in [0.2, 0.25) is 0 Å². The van der Waals surface area contributed by atoms with Crippen LogP contribution < -0.4 is 0 Å². The van der Waals surface area contributed by atoms with Gasteiger partial charge in [0.15, 0.2) is 17.4 Å². The van der Waals surface area contributed by atoms with Gasteiger partial charge in [-0.2, -0.15) is 0 Å². The van der Waals surface area contributed by atoms with Crippen LogP contribution in [0.5, 0.6) is 0 Å². The Morgan fingerprint density at radius 2 is 1.33 bits per heavy atom. The van der Waals surface area contributed by atoms with Gasteiger partial charge in [-0.1, -0.05) is 0 Å². The molecular formula is H8AlBBaSiVZn. The van der Waals surface area contributed by atoms with Gasteiger partial charge < -0.3 is 2.85 Å². The van der Waals surface area contributed by atoms with E-state index in [-0.39, 0.29) is 107 Å². The summed E-state index contributed by atoms with van der Waals surface area (Å²) >= 11 is 0. The molecule has 0 spiro atoms. The predicted molar refractivity (Wildman–Crippen MR) is 33.6 cm³/mol. The van der Waals surface area contributed by atoms with E-state index in [2.05, 4.69) is 7.44 Å². The predicted octanol–water partition coefficient (Wildman–Crippen LogP) is -2.91. The fourth-order valence-corrected chi connectivity index (χ4v) is 0. The van der Waals surface area contributed by atoms with E-state index in [1.165, 1.54) is 0 Å². The molecule has 0 nitrogen and oxygen atoms in total. The smallest absolute Gasteiger partial charge is 1.00 e. The first-order valence-electron chi connectivity index (χ1n) is 0.577. The van der Waals surface area contributed by atoms with Gasteiger partial charge in [0.05, 0.1) is 0 Å². The quantitative estimate of drug-likeness (QED) is 0.419.